The van der Waals surface area contributed by atoms with Gasteiger partial charge in [0.1, 0.15) is 11.8 Å². The van der Waals surface area contributed by atoms with Gasteiger partial charge in [0.05, 0.1) is 7.11 Å². The second-order valence-electron chi connectivity index (χ2n) is 4.46. The second kappa shape index (κ2) is 7.43. The molecule has 0 saturated carbocycles. The summed E-state index contributed by atoms with van der Waals surface area (Å²) >= 11 is 0. The van der Waals surface area contributed by atoms with Crippen LogP contribution in [0.4, 0.5) is 0 Å². The average molecular weight is 277 g/mol. The molecule has 0 bridgehead atoms. The molecule has 0 aliphatic rings. The summed E-state index contributed by atoms with van der Waals surface area (Å²) in [6.45, 7) is 3.15. The van der Waals surface area contributed by atoms with Crippen molar-refractivity contribution in [2.75, 3.05) is 7.11 Å². The highest BCUT2D eigenvalue weighted by Crippen LogP contribution is 2.11. The van der Waals surface area contributed by atoms with Crippen LogP contribution in [0.1, 0.15) is 37.0 Å². The van der Waals surface area contributed by atoms with E-state index in [1.54, 1.807) is 24.3 Å². The van der Waals surface area contributed by atoms with Crippen molar-refractivity contribution in [1.29, 1.82) is 0 Å². The smallest absolute Gasteiger partial charge is 0.252 e. The van der Waals surface area contributed by atoms with E-state index >= 15 is 0 Å². The lowest BCUT2D eigenvalue weighted by Gasteiger charge is -2.14. The molecule has 1 atom stereocenters. The normalized spacial score (nSPS) is 11.6. The summed E-state index contributed by atoms with van der Waals surface area (Å²) in [6.07, 6.45) is 0.911. The molecule has 1 aromatic carbocycles. The monoisotopic (exact) mass is 277 g/mol. The fourth-order valence-corrected chi connectivity index (χ4v) is 1.76. The Labute approximate surface area is 118 Å². The lowest BCUT2D eigenvalue weighted by atomic mass is 10.0. The van der Waals surface area contributed by atoms with Crippen molar-refractivity contribution in [3.63, 3.8) is 0 Å². The molecular formula is C15H19NO4. The van der Waals surface area contributed by atoms with Crippen LogP contribution in [0.5, 0.6) is 5.75 Å². The Morgan fingerprint density at radius 1 is 1.20 bits per heavy atom. The highest BCUT2D eigenvalue weighted by atomic mass is 16.5. The topological polar surface area (TPSA) is 72.5 Å². The maximum Gasteiger partial charge on any atom is 0.252 e. The van der Waals surface area contributed by atoms with Gasteiger partial charge in [0.2, 0.25) is 0 Å². The van der Waals surface area contributed by atoms with E-state index in [0.717, 1.165) is 0 Å². The minimum Gasteiger partial charge on any atom is -0.497 e. The van der Waals surface area contributed by atoms with Crippen LogP contribution in [0, 0.1) is 0 Å². The van der Waals surface area contributed by atoms with Crippen LogP contribution >= 0.6 is 0 Å². The first-order valence-corrected chi connectivity index (χ1v) is 6.47. The summed E-state index contributed by atoms with van der Waals surface area (Å²) in [4.78, 5) is 35.3. The van der Waals surface area contributed by atoms with Gasteiger partial charge in [-0.3, -0.25) is 14.4 Å². The predicted molar refractivity (Wildman–Crippen MR) is 74.8 cm³/mol. The third-order valence-corrected chi connectivity index (χ3v) is 2.85. The molecule has 1 N–H and O–H groups in total. The summed E-state index contributed by atoms with van der Waals surface area (Å²) in [7, 11) is 1.53. The van der Waals surface area contributed by atoms with E-state index in [1.807, 2.05) is 6.92 Å². The Kier molecular flexibility index (Phi) is 5.90. The van der Waals surface area contributed by atoms with Crippen LogP contribution in [-0.2, 0) is 9.59 Å². The Bertz CT molecular complexity index is 493. The number of hydrogen-bond acceptors (Lipinski definition) is 4. The van der Waals surface area contributed by atoms with Crippen molar-refractivity contribution in [3.05, 3.63) is 29.8 Å². The molecule has 108 valence electrons. The summed E-state index contributed by atoms with van der Waals surface area (Å²) < 4.78 is 5.00. The molecule has 5 heteroatoms. The van der Waals surface area contributed by atoms with Gasteiger partial charge >= 0.3 is 0 Å². The molecule has 0 radical (unpaired) electrons. The van der Waals surface area contributed by atoms with E-state index < -0.39 is 11.9 Å². The van der Waals surface area contributed by atoms with E-state index in [4.69, 9.17) is 4.74 Å². The highest BCUT2D eigenvalue weighted by molar-refractivity contribution is 6.09. The summed E-state index contributed by atoms with van der Waals surface area (Å²) in [5, 5.41) is 2.48. The van der Waals surface area contributed by atoms with Crippen molar-refractivity contribution in [2.24, 2.45) is 0 Å². The minimum atomic E-state index is -1.07. The molecular weight excluding hydrogens is 258 g/mol. The number of nitrogens with one attached hydrogen (secondary N) is 1. The van der Waals surface area contributed by atoms with Crippen LogP contribution in [0.15, 0.2) is 24.3 Å². The molecule has 0 aromatic heterocycles. The molecule has 1 aromatic rings. The maximum absolute atomic E-state index is 12.0. The zero-order valence-electron chi connectivity index (χ0n) is 11.9. The van der Waals surface area contributed by atoms with Crippen molar-refractivity contribution in [3.8, 4) is 5.75 Å². The third-order valence-electron chi connectivity index (χ3n) is 2.85. The van der Waals surface area contributed by atoms with E-state index in [-0.39, 0.29) is 18.0 Å². The molecule has 1 amide bonds. The van der Waals surface area contributed by atoms with Crippen molar-refractivity contribution < 1.29 is 19.1 Å². The summed E-state index contributed by atoms with van der Waals surface area (Å²) in [6, 6.07) is 5.38. The predicted octanol–water partition coefficient (Wildman–Crippen LogP) is 1.75. The van der Waals surface area contributed by atoms with Gasteiger partial charge in [-0.05, 0) is 37.6 Å². The summed E-state index contributed by atoms with van der Waals surface area (Å²) in [5.41, 5.74) is 0.376. The Balaban J connectivity index is 2.79. The molecule has 1 unspecified atom stereocenters. The number of carbonyl (C=O) groups excluding carboxylic acids is 3. The minimum absolute atomic E-state index is 0.262. The van der Waals surface area contributed by atoms with E-state index in [9.17, 15) is 14.4 Å². The second-order valence-corrected chi connectivity index (χ2v) is 4.46. The number of Topliss-reactive ketones (excluding diaryl/α,β-unsaturated/α-hetero) is 2. The number of benzene rings is 1. The largest absolute Gasteiger partial charge is 0.497 e. The lowest BCUT2D eigenvalue weighted by Crippen LogP contribution is -2.45. The Morgan fingerprint density at radius 3 is 2.25 bits per heavy atom. The average Bonchev–Trinajstić information content (AvgIpc) is 2.44. The van der Waals surface area contributed by atoms with Crippen LogP contribution < -0.4 is 10.1 Å². The molecule has 0 aliphatic heterocycles. The molecule has 0 saturated heterocycles. The fraction of sp³-hybridized carbons (Fsp3) is 0.400. The number of carbonyl (C=O) groups is 3. The van der Waals surface area contributed by atoms with E-state index in [2.05, 4.69) is 5.32 Å². The van der Waals surface area contributed by atoms with Gasteiger partial charge in [-0.2, -0.15) is 0 Å². The van der Waals surface area contributed by atoms with Crippen molar-refractivity contribution in [1.82, 2.24) is 5.32 Å². The van der Waals surface area contributed by atoms with Gasteiger partial charge in [0.15, 0.2) is 11.6 Å². The van der Waals surface area contributed by atoms with Gasteiger partial charge < -0.3 is 10.1 Å². The summed E-state index contributed by atoms with van der Waals surface area (Å²) in [5.74, 6) is -0.434. The number of ether oxygens (including phenoxy) is 1. The van der Waals surface area contributed by atoms with Crippen LogP contribution in [0.25, 0.3) is 0 Å². The molecule has 0 fully saturated rings. The zero-order chi connectivity index (χ0) is 15.1. The number of rotatable bonds is 7. The SMILES string of the molecule is CCCC(=O)C(NC(=O)c1ccc(OC)cc1)C(C)=O. The van der Waals surface area contributed by atoms with Crippen LogP contribution in [0.2, 0.25) is 0 Å². The Hall–Kier alpha value is -2.17. The maximum atomic E-state index is 12.0. The van der Waals surface area contributed by atoms with E-state index in [1.165, 1.54) is 14.0 Å². The molecule has 0 heterocycles. The molecule has 0 aliphatic carbocycles. The molecule has 20 heavy (non-hydrogen) atoms. The van der Waals surface area contributed by atoms with Gasteiger partial charge in [0, 0.05) is 12.0 Å². The van der Waals surface area contributed by atoms with Crippen LogP contribution in [-0.4, -0.2) is 30.6 Å². The fourth-order valence-electron chi connectivity index (χ4n) is 1.76. The quantitative estimate of drug-likeness (QED) is 0.771. The first-order valence-electron chi connectivity index (χ1n) is 6.47. The third kappa shape index (κ3) is 4.19. The molecule has 0 spiro atoms. The standard InChI is InChI=1S/C15H19NO4/c1-4-5-13(18)14(10(2)17)16-15(19)11-6-8-12(20-3)9-7-11/h6-9,14H,4-5H2,1-3H3,(H,16,19). The van der Waals surface area contributed by atoms with Gasteiger partial charge in [0.25, 0.3) is 5.91 Å². The van der Waals surface area contributed by atoms with Crippen LogP contribution in [0.3, 0.4) is 0 Å². The molecule has 1 rings (SSSR count). The highest BCUT2D eigenvalue weighted by Gasteiger charge is 2.24. The lowest BCUT2D eigenvalue weighted by molar-refractivity contribution is -0.128. The van der Waals surface area contributed by atoms with E-state index in [0.29, 0.717) is 17.7 Å². The number of hydrogen-bond donors (Lipinski definition) is 1. The first kappa shape index (κ1) is 15.9. The number of ketones is 2. The Morgan fingerprint density at radius 2 is 1.80 bits per heavy atom. The van der Waals surface area contributed by atoms with Crippen molar-refractivity contribution in [2.45, 2.75) is 32.7 Å². The number of amides is 1. The van der Waals surface area contributed by atoms with Gasteiger partial charge in [-0.25, -0.2) is 0 Å². The van der Waals surface area contributed by atoms with Gasteiger partial charge in [-0.15, -0.1) is 0 Å². The number of methoxy groups -OCH3 is 1. The van der Waals surface area contributed by atoms with Crippen molar-refractivity contribution >= 4 is 17.5 Å². The zero-order valence-corrected chi connectivity index (χ0v) is 11.9. The molecule has 5 nitrogen and oxygen atoms in total. The van der Waals surface area contributed by atoms with Gasteiger partial charge in [-0.1, -0.05) is 6.92 Å². The first-order chi connectivity index (χ1) is 9.49.